The second-order valence-corrected chi connectivity index (χ2v) is 5.46. The molecule has 0 aliphatic heterocycles. The van der Waals surface area contributed by atoms with Crippen LogP contribution in [0.15, 0.2) is 18.3 Å². The minimum atomic E-state index is -0.355. The van der Waals surface area contributed by atoms with Gasteiger partial charge in [0.2, 0.25) is 5.88 Å². The highest BCUT2D eigenvalue weighted by molar-refractivity contribution is 5.89. The molecule has 1 heterocycles. The van der Waals surface area contributed by atoms with E-state index in [-0.39, 0.29) is 5.97 Å². The van der Waals surface area contributed by atoms with Crippen LogP contribution in [0.4, 0.5) is 0 Å². The third-order valence-corrected chi connectivity index (χ3v) is 4.06. The number of nitrogens with zero attached hydrogens (tertiary/aromatic N) is 1. The molecule has 2 rings (SSSR count). The van der Waals surface area contributed by atoms with Gasteiger partial charge in [0.25, 0.3) is 0 Å². The van der Waals surface area contributed by atoms with Gasteiger partial charge in [0, 0.05) is 12.3 Å². The van der Waals surface area contributed by atoms with Crippen LogP contribution in [-0.2, 0) is 4.74 Å². The summed E-state index contributed by atoms with van der Waals surface area (Å²) in [7, 11) is 0. The molecule has 2 N–H and O–H groups in total. The second-order valence-electron chi connectivity index (χ2n) is 5.46. The van der Waals surface area contributed by atoms with E-state index in [1.807, 2.05) is 0 Å². The number of pyridine rings is 1. The van der Waals surface area contributed by atoms with Crippen molar-refractivity contribution < 1.29 is 14.3 Å². The predicted molar refractivity (Wildman–Crippen MR) is 80.2 cm³/mol. The summed E-state index contributed by atoms with van der Waals surface area (Å²) in [5.74, 6) is 1.25. The number of hydrogen-bond acceptors (Lipinski definition) is 5. The van der Waals surface area contributed by atoms with Crippen LogP contribution in [-0.4, -0.2) is 30.7 Å². The van der Waals surface area contributed by atoms with Crippen LogP contribution in [0.1, 0.15) is 43.0 Å². The molecule has 116 valence electrons. The van der Waals surface area contributed by atoms with Gasteiger partial charge in [-0.25, -0.2) is 9.78 Å². The number of nitrogens with two attached hydrogens (primary N) is 1. The number of esters is 1. The number of carbonyl (C=O) groups excluding carboxylic acids is 1. The Kier molecular flexibility index (Phi) is 5.99. The molecule has 1 aromatic rings. The maximum atomic E-state index is 11.5. The fourth-order valence-corrected chi connectivity index (χ4v) is 2.81. The van der Waals surface area contributed by atoms with Crippen LogP contribution in [0.3, 0.4) is 0 Å². The fourth-order valence-electron chi connectivity index (χ4n) is 2.81. The summed E-state index contributed by atoms with van der Waals surface area (Å²) in [5.41, 5.74) is 6.27. The number of aromatic nitrogens is 1. The fraction of sp³-hybridized carbons (Fsp3) is 0.625. The van der Waals surface area contributed by atoms with Crippen molar-refractivity contribution in [3.05, 3.63) is 23.9 Å². The summed E-state index contributed by atoms with van der Waals surface area (Å²) >= 11 is 0. The SMILES string of the molecule is CCOC(=O)c1ccc(OCC2CCCCC2CN)nc1. The van der Waals surface area contributed by atoms with Crippen LogP contribution in [0.2, 0.25) is 0 Å². The van der Waals surface area contributed by atoms with Crippen LogP contribution in [0.25, 0.3) is 0 Å². The van der Waals surface area contributed by atoms with Crippen molar-refractivity contribution >= 4 is 5.97 Å². The molecule has 0 radical (unpaired) electrons. The molecule has 1 saturated carbocycles. The Balaban J connectivity index is 1.87. The number of rotatable bonds is 6. The Morgan fingerprint density at radius 1 is 1.33 bits per heavy atom. The van der Waals surface area contributed by atoms with Crippen molar-refractivity contribution in [3.8, 4) is 5.88 Å². The number of ether oxygens (including phenoxy) is 2. The Morgan fingerprint density at radius 3 is 2.71 bits per heavy atom. The van der Waals surface area contributed by atoms with E-state index in [4.69, 9.17) is 15.2 Å². The topological polar surface area (TPSA) is 74.4 Å². The van der Waals surface area contributed by atoms with Crippen molar-refractivity contribution in [1.82, 2.24) is 4.98 Å². The van der Waals surface area contributed by atoms with E-state index in [0.29, 0.717) is 36.5 Å². The van der Waals surface area contributed by atoms with Crippen molar-refractivity contribution in [2.75, 3.05) is 19.8 Å². The average molecular weight is 292 g/mol. The Bertz CT molecular complexity index is 447. The van der Waals surface area contributed by atoms with Gasteiger partial charge < -0.3 is 15.2 Å². The first-order chi connectivity index (χ1) is 10.2. The zero-order chi connectivity index (χ0) is 15.1. The largest absolute Gasteiger partial charge is 0.477 e. The van der Waals surface area contributed by atoms with Gasteiger partial charge in [0.1, 0.15) is 0 Å². The average Bonchev–Trinajstić information content (AvgIpc) is 2.54. The molecule has 0 bridgehead atoms. The van der Waals surface area contributed by atoms with Crippen molar-refractivity contribution in [1.29, 1.82) is 0 Å². The van der Waals surface area contributed by atoms with Crippen LogP contribution in [0, 0.1) is 11.8 Å². The molecule has 1 aliphatic carbocycles. The molecule has 21 heavy (non-hydrogen) atoms. The van der Waals surface area contributed by atoms with E-state index in [0.717, 1.165) is 6.54 Å². The quantitative estimate of drug-likeness (QED) is 0.815. The van der Waals surface area contributed by atoms with E-state index in [1.54, 1.807) is 19.1 Å². The molecule has 0 saturated heterocycles. The molecule has 2 atom stereocenters. The van der Waals surface area contributed by atoms with Crippen molar-refractivity contribution in [3.63, 3.8) is 0 Å². The first kappa shape index (κ1) is 15.8. The lowest BCUT2D eigenvalue weighted by Gasteiger charge is -2.30. The van der Waals surface area contributed by atoms with Crippen LogP contribution in [0.5, 0.6) is 5.88 Å². The molecule has 2 unspecified atom stereocenters. The molecule has 1 aliphatic rings. The Labute approximate surface area is 125 Å². The first-order valence-electron chi connectivity index (χ1n) is 7.70. The van der Waals surface area contributed by atoms with Gasteiger partial charge in [-0.1, -0.05) is 12.8 Å². The zero-order valence-corrected chi connectivity index (χ0v) is 12.6. The van der Waals surface area contributed by atoms with Gasteiger partial charge in [-0.3, -0.25) is 0 Å². The van der Waals surface area contributed by atoms with E-state index in [9.17, 15) is 4.79 Å². The summed E-state index contributed by atoms with van der Waals surface area (Å²) in [6, 6.07) is 3.40. The van der Waals surface area contributed by atoms with E-state index < -0.39 is 0 Å². The van der Waals surface area contributed by atoms with Crippen LogP contribution < -0.4 is 10.5 Å². The summed E-state index contributed by atoms with van der Waals surface area (Å²) in [5, 5.41) is 0. The Morgan fingerprint density at radius 2 is 2.10 bits per heavy atom. The highest BCUT2D eigenvalue weighted by Crippen LogP contribution is 2.29. The molecular weight excluding hydrogens is 268 g/mol. The van der Waals surface area contributed by atoms with Crippen LogP contribution >= 0.6 is 0 Å². The molecule has 5 heteroatoms. The maximum absolute atomic E-state index is 11.5. The highest BCUT2D eigenvalue weighted by Gasteiger charge is 2.24. The lowest BCUT2D eigenvalue weighted by atomic mass is 9.80. The van der Waals surface area contributed by atoms with Gasteiger partial charge >= 0.3 is 5.97 Å². The van der Waals surface area contributed by atoms with E-state index in [1.165, 1.54) is 31.9 Å². The zero-order valence-electron chi connectivity index (χ0n) is 12.6. The van der Waals surface area contributed by atoms with Gasteiger partial charge in [-0.05, 0) is 44.2 Å². The first-order valence-corrected chi connectivity index (χ1v) is 7.70. The summed E-state index contributed by atoms with van der Waals surface area (Å²) in [4.78, 5) is 15.7. The maximum Gasteiger partial charge on any atom is 0.339 e. The molecule has 1 aromatic heterocycles. The Hall–Kier alpha value is -1.62. The van der Waals surface area contributed by atoms with E-state index in [2.05, 4.69) is 4.98 Å². The number of hydrogen-bond donors (Lipinski definition) is 1. The standard InChI is InChI=1S/C16H24N2O3/c1-2-20-16(19)13-7-8-15(18-10-13)21-11-14-6-4-3-5-12(14)9-17/h7-8,10,12,14H,2-6,9,11,17H2,1H3. The lowest BCUT2D eigenvalue weighted by molar-refractivity contribution is 0.0525. The highest BCUT2D eigenvalue weighted by atomic mass is 16.5. The minimum absolute atomic E-state index is 0.355. The summed E-state index contributed by atoms with van der Waals surface area (Å²) < 4.78 is 10.7. The summed E-state index contributed by atoms with van der Waals surface area (Å²) in [6.07, 6.45) is 6.38. The number of carbonyl (C=O) groups is 1. The predicted octanol–water partition coefficient (Wildman–Crippen LogP) is 2.40. The lowest BCUT2D eigenvalue weighted by Crippen LogP contribution is -2.30. The monoisotopic (exact) mass is 292 g/mol. The second kappa shape index (κ2) is 7.98. The molecule has 1 fully saturated rings. The van der Waals surface area contributed by atoms with Crippen molar-refractivity contribution in [2.45, 2.75) is 32.6 Å². The van der Waals surface area contributed by atoms with Gasteiger partial charge in [-0.15, -0.1) is 0 Å². The third kappa shape index (κ3) is 4.43. The summed E-state index contributed by atoms with van der Waals surface area (Å²) in [6.45, 7) is 3.51. The third-order valence-electron chi connectivity index (χ3n) is 4.06. The normalized spacial score (nSPS) is 21.8. The molecule has 0 amide bonds. The minimum Gasteiger partial charge on any atom is -0.477 e. The smallest absolute Gasteiger partial charge is 0.339 e. The molecule has 5 nitrogen and oxygen atoms in total. The molecule has 0 spiro atoms. The molecule has 0 aromatic carbocycles. The molecular formula is C16H24N2O3. The van der Waals surface area contributed by atoms with Gasteiger partial charge in [-0.2, -0.15) is 0 Å². The van der Waals surface area contributed by atoms with Gasteiger partial charge in [0.05, 0.1) is 18.8 Å². The van der Waals surface area contributed by atoms with Crippen molar-refractivity contribution in [2.24, 2.45) is 17.6 Å². The van der Waals surface area contributed by atoms with Gasteiger partial charge in [0.15, 0.2) is 0 Å². The van der Waals surface area contributed by atoms with E-state index >= 15 is 0 Å².